The standard InChI is InChI=1S/C15H14ClNO3/c1-20-13-4-2-3-12(14(13)18)15(19)17-9-10-5-7-11(16)8-6-10/h2-8,18H,9H2,1H3,(H,17,19). The first-order valence-electron chi connectivity index (χ1n) is 6.00. The fourth-order valence-corrected chi connectivity index (χ4v) is 1.88. The van der Waals surface area contributed by atoms with Gasteiger partial charge in [-0.15, -0.1) is 0 Å². The van der Waals surface area contributed by atoms with Gasteiger partial charge in [-0.3, -0.25) is 4.79 Å². The zero-order valence-electron chi connectivity index (χ0n) is 10.9. The summed E-state index contributed by atoms with van der Waals surface area (Å²) < 4.78 is 4.97. The SMILES string of the molecule is COc1cccc(C(=O)NCc2ccc(Cl)cc2)c1O. The van der Waals surface area contributed by atoms with Gasteiger partial charge in [0.25, 0.3) is 5.91 Å². The lowest BCUT2D eigenvalue weighted by atomic mass is 10.1. The van der Waals surface area contributed by atoms with E-state index < -0.39 is 0 Å². The molecule has 2 N–H and O–H groups in total. The third-order valence-corrected chi connectivity index (χ3v) is 3.08. The average Bonchev–Trinajstić information content (AvgIpc) is 2.46. The molecule has 2 rings (SSSR count). The fourth-order valence-electron chi connectivity index (χ4n) is 1.75. The number of methoxy groups -OCH3 is 1. The molecule has 2 aromatic carbocycles. The summed E-state index contributed by atoms with van der Waals surface area (Å²) in [5, 5.41) is 13.3. The first-order valence-corrected chi connectivity index (χ1v) is 6.38. The molecule has 0 aliphatic rings. The lowest BCUT2D eigenvalue weighted by Gasteiger charge is -2.09. The number of amides is 1. The van der Waals surface area contributed by atoms with Crippen LogP contribution >= 0.6 is 11.6 Å². The summed E-state index contributed by atoms with van der Waals surface area (Å²) in [7, 11) is 1.43. The van der Waals surface area contributed by atoms with Crippen LogP contribution in [0.3, 0.4) is 0 Å². The Labute approximate surface area is 122 Å². The van der Waals surface area contributed by atoms with Gasteiger partial charge in [0, 0.05) is 11.6 Å². The van der Waals surface area contributed by atoms with Crippen LogP contribution in [-0.2, 0) is 6.54 Å². The molecule has 0 spiro atoms. The van der Waals surface area contributed by atoms with Gasteiger partial charge >= 0.3 is 0 Å². The van der Waals surface area contributed by atoms with Crippen molar-refractivity contribution in [1.82, 2.24) is 5.32 Å². The number of carbonyl (C=O) groups excluding carboxylic acids is 1. The number of phenolic OH excluding ortho intramolecular Hbond substituents is 1. The molecule has 5 heteroatoms. The first kappa shape index (κ1) is 14.2. The molecule has 0 saturated carbocycles. The molecule has 0 fully saturated rings. The van der Waals surface area contributed by atoms with Crippen LogP contribution in [-0.4, -0.2) is 18.1 Å². The van der Waals surface area contributed by atoms with Gasteiger partial charge in [0.15, 0.2) is 11.5 Å². The van der Waals surface area contributed by atoms with Crippen molar-refractivity contribution in [3.8, 4) is 11.5 Å². The maximum Gasteiger partial charge on any atom is 0.255 e. The van der Waals surface area contributed by atoms with Crippen LogP contribution in [0, 0.1) is 0 Å². The van der Waals surface area contributed by atoms with Crippen molar-refractivity contribution in [2.24, 2.45) is 0 Å². The van der Waals surface area contributed by atoms with E-state index in [0.717, 1.165) is 5.56 Å². The highest BCUT2D eigenvalue weighted by Gasteiger charge is 2.14. The van der Waals surface area contributed by atoms with Gasteiger partial charge < -0.3 is 15.2 Å². The van der Waals surface area contributed by atoms with Crippen molar-refractivity contribution in [2.45, 2.75) is 6.54 Å². The van der Waals surface area contributed by atoms with E-state index in [1.165, 1.54) is 13.2 Å². The Morgan fingerprint density at radius 1 is 1.25 bits per heavy atom. The normalized spacial score (nSPS) is 10.1. The van der Waals surface area contributed by atoms with E-state index >= 15 is 0 Å². The third-order valence-electron chi connectivity index (χ3n) is 2.83. The molecular weight excluding hydrogens is 278 g/mol. The zero-order valence-corrected chi connectivity index (χ0v) is 11.6. The van der Waals surface area contributed by atoms with Crippen LogP contribution in [0.4, 0.5) is 0 Å². The zero-order chi connectivity index (χ0) is 14.5. The van der Waals surface area contributed by atoms with Crippen LogP contribution in [0.1, 0.15) is 15.9 Å². The van der Waals surface area contributed by atoms with Crippen LogP contribution in [0.25, 0.3) is 0 Å². The molecule has 20 heavy (non-hydrogen) atoms. The van der Waals surface area contributed by atoms with Gasteiger partial charge in [-0.2, -0.15) is 0 Å². The van der Waals surface area contributed by atoms with Gasteiger partial charge in [0.2, 0.25) is 0 Å². The highest BCUT2D eigenvalue weighted by atomic mass is 35.5. The van der Waals surface area contributed by atoms with Crippen molar-refractivity contribution in [3.05, 3.63) is 58.6 Å². The van der Waals surface area contributed by atoms with Gasteiger partial charge in [-0.05, 0) is 29.8 Å². The third kappa shape index (κ3) is 3.22. The van der Waals surface area contributed by atoms with Gasteiger partial charge in [-0.25, -0.2) is 0 Å². The monoisotopic (exact) mass is 291 g/mol. The highest BCUT2D eigenvalue weighted by Crippen LogP contribution is 2.29. The molecule has 104 valence electrons. The maximum atomic E-state index is 12.0. The van der Waals surface area contributed by atoms with Crippen LogP contribution in [0.15, 0.2) is 42.5 Å². The second-order valence-corrected chi connectivity index (χ2v) is 4.60. The Hall–Kier alpha value is -2.20. The fraction of sp³-hybridized carbons (Fsp3) is 0.133. The van der Waals surface area contributed by atoms with Crippen molar-refractivity contribution in [3.63, 3.8) is 0 Å². The Bertz CT molecular complexity index is 611. The summed E-state index contributed by atoms with van der Waals surface area (Å²) in [6.45, 7) is 0.354. The van der Waals surface area contributed by atoms with E-state index in [4.69, 9.17) is 16.3 Å². The van der Waals surface area contributed by atoms with E-state index in [-0.39, 0.29) is 23.0 Å². The van der Waals surface area contributed by atoms with E-state index in [1.54, 1.807) is 24.3 Å². The predicted molar refractivity (Wildman–Crippen MR) is 77.3 cm³/mol. The summed E-state index contributed by atoms with van der Waals surface area (Å²) >= 11 is 5.79. The van der Waals surface area contributed by atoms with Gasteiger partial charge in [0.1, 0.15) is 0 Å². The maximum absolute atomic E-state index is 12.0. The number of phenols is 1. The number of carbonyl (C=O) groups is 1. The number of ether oxygens (including phenoxy) is 1. The molecule has 0 heterocycles. The summed E-state index contributed by atoms with van der Waals surface area (Å²) in [6.07, 6.45) is 0. The average molecular weight is 292 g/mol. The number of aromatic hydroxyl groups is 1. The second kappa shape index (κ2) is 6.30. The van der Waals surface area contributed by atoms with Crippen molar-refractivity contribution >= 4 is 17.5 Å². The van der Waals surface area contributed by atoms with Crippen LogP contribution in [0.2, 0.25) is 5.02 Å². The topological polar surface area (TPSA) is 58.6 Å². The molecule has 0 radical (unpaired) electrons. The number of benzene rings is 2. The number of hydrogen-bond acceptors (Lipinski definition) is 3. The minimum Gasteiger partial charge on any atom is -0.504 e. The Balaban J connectivity index is 2.07. The molecule has 0 aliphatic heterocycles. The summed E-state index contributed by atoms with van der Waals surface area (Å²) in [5.74, 6) is -0.260. The lowest BCUT2D eigenvalue weighted by Crippen LogP contribution is -2.22. The second-order valence-electron chi connectivity index (χ2n) is 4.17. The van der Waals surface area contributed by atoms with Gasteiger partial charge in [-0.1, -0.05) is 29.8 Å². The Morgan fingerprint density at radius 3 is 2.60 bits per heavy atom. The van der Waals surface area contributed by atoms with Crippen molar-refractivity contribution in [2.75, 3.05) is 7.11 Å². The smallest absolute Gasteiger partial charge is 0.255 e. The largest absolute Gasteiger partial charge is 0.504 e. The molecule has 0 aromatic heterocycles. The minimum absolute atomic E-state index is 0.163. The Morgan fingerprint density at radius 2 is 1.95 bits per heavy atom. The lowest BCUT2D eigenvalue weighted by molar-refractivity contribution is 0.0947. The van der Waals surface area contributed by atoms with E-state index in [0.29, 0.717) is 11.6 Å². The molecule has 0 unspecified atom stereocenters. The van der Waals surface area contributed by atoms with Crippen LogP contribution in [0.5, 0.6) is 11.5 Å². The summed E-state index contributed by atoms with van der Waals surface area (Å²) in [4.78, 5) is 12.0. The highest BCUT2D eigenvalue weighted by molar-refractivity contribution is 6.30. The number of nitrogens with one attached hydrogen (secondary N) is 1. The van der Waals surface area contributed by atoms with Crippen molar-refractivity contribution in [1.29, 1.82) is 0 Å². The molecule has 1 amide bonds. The predicted octanol–water partition coefficient (Wildman–Crippen LogP) is 2.98. The quantitative estimate of drug-likeness (QED) is 0.910. The molecule has 0 bridgehead atoms. The van der Waals surface area contributed by atoms with Gasteiger partial charge in [0.05, 0.1) is 12.7 Å². The number of halogens is 1. The molecular formula is C15H14ClNO3. The van der Waals surface area contributed by atoms with E-state index in [1.807, 2.05) is 12.1 Å². The first-order chi connectivity index (χ1) is 9.61. The van der Waals surface area contributed by atoms with E-state index in [2.05, 4.69) is 5.32 Å². The summed E-state index contributed by atoms with van der Waals surface area (Å²) in [5.41, 5.74) is 1.10. The Kier molecular flexibility index (Phi) is 4.48. The summed E-state index contributed by atoms with van der Waals surface area (Å²) in [6, 6.07) is 11.9. The van der Waals surface area contributed by atoms with Crippen LogP contribution < -0.4 is 10.1 Å². The van der Waals surface area contributed by atoms with Crippen molar-refractivity contribution < 1.29 is 14.6 Å². The molecule has 0 aliphatic carbocycles. The molecule has 0 atom stereocenters. The number of rotatable bonds is 4. The molecule has 4 nitrogen and oxygen atoms in total. The number of para-hydroxylation sites is 1. The van der Waals surface area contributed by atoms with E-state index in [9.17, 15) is 9.90 Å². The molecule has 0 saturated heterocycles. The minimum atomic E-state index is -0.364. The number of hydrogen-bond donors (Lipinski definition) is 2. The molecule has 2 aromatic rings.